The highest BCUT2D eigenvalue weighted by atomic mass is 16.5. The molecule has 0 atom stereocenters. The summed E-state index contributed by atoms with van der Waals surface area (Å²) < 4.78 is 14.7. The molecule has 0 radical (unpaired) electrons. The average molecular weight is 360 g/mol. The van der Waals surface area contributed by atoms with Crippen LogP contribution in [-0.4, -0.2) is 38.0 Å². The van der Waals surface area contributed by atoms with E-state index in [2.05, 4.69) is 10.5 Å². The highest BCUT2D eigenvalue weighted by Crippen LogP contribution is 2.15. The number of benzene rings is 1. The summed E-state index contributed by atoms with van der Waals surface area (Å²) in [6.07, 6.45) is 0. The van der Waals surface area contributed by atoms with Gasteiger partial charge in [-0.1, -0.05) is 0 Å². The van der Waals surface area contributed by atoms with E-state index in [0.717, 1.165) is 0 Å². The van der Waals surface area contributed by atoms with Crippen molar-refractivity contribution >= 4 is 23.3 Å². The maximum atomic E-state index is 12.1. The third-order valence-corrected chi connectivity index (χ3v) is 2.97. The van der Waals surface area contributed by atoms with Gasteiger partial charge in [0.05, 0.1) is 31.7 Å². The van der Waals surface area contributed by atoms with Gasteiger partial charge in [0.2, 0.25) is 0 Å². The van der Waals surface area contributed by atoms with Crippen LogP contribution < -0.4 is 15.9 Å². The Labute approximate surface area is 151 Å². The molecule has 9 nitrogen and oxygen atoms in total. The zero-order valence-electron chi connectivity index (χ0n) is 14.7. The van der Waals surface area contributed by atoms with Crippen molar-refractivity contribution < 1.29 is 23.8 Å². The zero-order chi connectivity index (χ0) is 19.5. The maximum Gasteiger partial charge on any atom is 0.360 e. The molecule has 9 heteroatoms. The smallest absolute Gasteiger partial charge is 0.360 e. The maximum absolute atomic E-state index is 12.1. The Kier molecular flexibility index (Phi) is 8.16. The van der Waals surface area contributed by atoms with Crippen LogP contribution in [0.1, 0.15) is 13.8 Å². The molecule has 26 heavy (non-hydrogen) atoms. The first-order valence-electron chi connectivity index (χ1n) is 7.70. The molecule has 0 aliphatic heterocycles. The van der Waals surface area contributed by atoms with Crippen molar-refractivity contribution in [1.82, 2.24) is 0 Å². The first-order valence-corrected chi connectivity index (χ1v) is 7.70. The SMILES string of the molecule is CCOC(=O)/C(C#N)=C(N)/C(=N\Nc1ccc(OC)cc1)C(=O)OCC. The van der Waals surface area contributed by atoms with E-state index in [-0.39, 0.29) is 13.2 Å². The predicted octanol–water partition coefficient (Wildman–Crippen LogP) is 1.33. The van der Waals surface area contributed by atoms with Crippen molar-refractivity contribution in [2.24, 2.45) is 10.8 Å². The van der Waals surface area contributed by atoms with Gasteiger partial charge in [-0.25, -0.2) is 9.59 Å². The number of ether oxygens (including phenoxy) is 3. The third kappa shape index (κ3) is 5.52. The Morgan fingerprint density at radius 2 is 1.73 bits per heavy atom. The van der Waals surface area contributed by atoms with E-state index in [9.17, 15) is 9.59 Å². The molecule has 0 saturated carbocycles. The molecular weight excluding hydrogens is 340 g/mol. The van der Waals surface area contributed by atoms with Gasteiger partial charge in [0, 0.05) is 0 Å². The zero-order valence-corrected chi connectivity index (χ0v) is 14.7. The summed E-state index contributed by atoms with van der Waals surface area (Å²) in [6, 6.07) is 8.29. The van der Waals surface area contributed by atoms with E-state index in [0.29, 0.717) is 11.4 Å². The molecule has 1 aromatic carbocycles. The molecule has 0 aliphatic rings. The molecule has 1 aromatic rings. The minimum absolute atomic E-state index is 0.0489. The second-order valence-corrected chi connectivity index (χ2v) is 4.64. The summed E-state index contributed by atoms with van der Waals surface area (Å²) in [5.74, 6) is -1.20. The summed E-state index contributed by atoms with van der Waals surface area (Å²) in [5, 5.41) is 13.1. The van der Waals surface area contributed by atoms with Gasteiger partial charge in [0.15, 0.2) is 11.3 Å². The number of hydrogen-bond acceptors (Lipinski definition) is 9. The fourth-order valence-corrected chi connectivity index (χ4v) is 1.74. The normalized spacial score (nSPS) is 11.7. The number of esters is 2. The number of anilines is 1. The number of nitrogens with zero attached hydrogens (tertiary/aromatic N) is 2. The fourth-order valence-electron chi connectivity index (χ4n) is 1.74. The second-order valence-electron chi connectivity index (χ2n) is 4.64. The van der Waals surface area contributed by atoms with Gasteiger partial charge in [-0.15, -0.1) is 0 Å². The van der Waals surface area contributed by atoms with Gasteiger partial charge in [0.1, 0.15) is 11.8 Å². The van der Waals surface area contributed by atoms with Crippen LogP contribution in [-0.2, 0) is 19.1 Å². The number of methoxy groups -OCH3 is 1. The van der Waals surface area contributed by atoms with Crippen LogP contribution in [0.25, 0.3) is 0 Å². The number of carbonyl (C=O) groups is 2. The van der Waals surface area contributed by atoms with Crippen molar-refractivity contribution in [3.05, 3.63) is 35.5 Å². The number of nitriles is 1. The van der Waals surface area contributed by atoms with Gasteiger partial charge in [-0.05, 0) is 38.1 Å². The number of hydrogen-bond donors (Lipinski definition) is 2. The van der Waals surface area contributed by atoms with E-state index < -0.39 is 28.9 Å². The lowest BCUT2D eigenvalue weighted by molar-refractivity contribution is -0.138. The third-order valence-electron chi connectivity index (χ3n) is 2.97. The Hall–Kier alpha value is -3.54. The highest BCUT2D eigenvalue weighted by molar-refractivity contribution is 6.44. The van der Waals surface area contributed by atoms with Crippen molar-refractivity contribution in [1.29, 1.82) is 5.26 Å². The quantitative estimate of drug-likeness (QED) is 0.233. The molecule has 1 rings (SSSR count). The van der Waals surface area contributed by atoms with E-state index in [1.165, 1.54) is 7.11 Å². The molecule has 0 spiro atoms. The van der Waals surface area contributed by atoms with Crippen LogP contribution in [0.5, 0.6) is 5.75 Å². The van der Waals surface area contributed by atoms with Crippen LogP contribution in [0.15, 0.2) is 40.6 Å². The fraction of sp³-hybridized carbons (Fsp3) is 0.294. The molecule has 138 valence electrons. The molecule has 0 fully saturated rings. The van der Waals surface area contributed by atoms with Gasteiger partial charge >= 0.3 is 11.9 Å². The molecule has 0 saturated heterocycles. The van der Waals surface area contributed by atoms with E-state index in [1.807, 2.05) is 0 Å². The Morgan fingerprint density at radius 3 is 2.23 bits per heavy atom. The molecule has 0 aromatic heterocycles. The minimum atomic E-state index is -0.950. The van der Waals surface area contributed by atoms with Crippen molar-refractivity contribution in [3.8, 4) is 11.8 Å². The monoisotopic (exact) mass is 360 g/mol. The Bertz CT molecular complexity index is 747. The molecular formula is C17H20N4O5. The van der Waals surface area contributed by atoms with E-state index in [1.54, 1.807) is 44.2 Å². The van der Waals surface area contributed by atoms with E-state index >= 15 is 0 Å². The lowest BCUT2D eigenvalue weighted by Gasteiger charge is -2.09. The molecule has 0 bridgehead atoms. The van der Waals surface area contributed by atoms with E-state index in [4.69, 9.17) is 25.2 Å². The first kappa shape index (κ1) is 20.5. The van der Waals surface area contributed by atoms with Crippen LogP contribution >= 0.6 is 0 Å². The van der Waals surface area contributed by atoms with Crippen LogP contribution in [0, 0.1) is 11.3 Å². The lowest BCUT2D eigenvalue weighted by Crippen LogP contribution is -2.28. The summed E-state index contributed by atoms with van der Waals surface area (Å²) >= 11 is 0. The number of rotatable bonds is 8. The standard InChI is InChI=1S/C17H20N4O5/c1-4-25-16(22)13(10-18)14(19)15(17(23)26-5-2)21-20-11-6-8-12(24-3)9-7-11/h6-9,20H,4-5,19H2,1-3H3/b14-13-,21-15+. The minimum Gasteiger partial charge on any atom is -0.497 e. The first-order chi connectivity index (χ1) is 12.5. The lowest BCUT2D eigenvalue weighted by atomic mass is 10.1. The van der Waals surface area contributed by atoms with Gasteiger partial charge < -0.3 is 19.9 Å². The summed E-state index contributed by atoms with van der Waals surface area (Å²) in [6.45, 7) is 3.29. The number of nitrogens with two attached hydrogens (primary N) is 1. The van der Waals surface area contributed by atoms with Gasteiger partial charge in [-0.2, -0.15) is 10.4 Å². The Balaban J connectivity index is 3.23. The Morgan fingerprint density at radius 1 is 1.15 bits per heavy atom. The van der Waals surface area contributed by atoms with Gasteiger partial charge in [-0.3, -0.25) is 5.43 Å². The summed E-state index contributed by atoms with van der Waals surface area (Å²) in [7, 11) is 1.53. The second kappa shape index (κ2) is 10.4. The van der Waals surface area contributed by atoms with Crippen LogP contribution in [0.4, 0.5) is 5.69 Å². The molecule has 0 amide bonds. The number of nitrogens with one attached hydrogen (secondary N) is 1. The van der Waals surface area contributed by atoms with Crippen molar-refractivity contribution in [2.45, 2.75) is 13.8 Å². The average Bonchev–Trinajstić information content (AvgIpc) is 2.63. The molecule has 0 heterocycles. The molecule has 0 unspecified atom stereocenters. The molecule has 3 N–H and O–H groups in total. The molecule has 0 aliphatic carbocycles. The van der Waals surface area contributed by atoms with Crippen molar-refractivity contribution in [2.75, 3.05) is 25.7 Å². The van der Waals surface area contributed by atoms with Crippen LogP contribution in [0.3, 0.4) is 0 Å². The summed E-state index contributed by atoms with van der Waals surface area (Å²) in [5.41, 5.74) is 7.57. The van der Waals surface area contributed by atoms with Crippen molar-refractivity contribution in [3.63, 3.8) is 0 Å². The number of hydrazone groups is 1. The topological polar surface area (TPSA) is 136 Å². The predicted molar refractivity (Wildman–Crippen MR) is 94.1 cm³/mol. The largest absolute Gasteiger partial charge is 0.497 e. The van der Waals surface area contributed by atoms with Crippen LogP contribution in [0.2, 0.25) is 0 Å². The van der Waals surface area contributed by atoms with Gasteiger partial charge in [0.25, 0.3) is 0 Å². The highest BCUT2D eigenvalue weighted by Gasteiger charge is 2.24. The summed E-state index contributed by atoms with van der Waals surface area (Å²) in [4.78, 5) is 23.9. The number of carbonyl (C=O) groups excluding carboxylic acids is 2.